The second-order valence-corrected chi connectivity index (χ2v) is 5.82. The zero-order valence-electron chi connectivity index (χ0n) is 11.1. The van der Waals surface area contributed by atoms with Crippen LogP contribution >= 0.6 is 11.3 Å². The minimum Gasteiger partial charge on any atom is -0.308 e. The third-order valence-corrected chi connectivity index (χ3v) is 4.17. The molecule has 0 saturated heterocycles. The molecule has 98 valence electrons. The quantitative estimate of drug-likeness (QED) is 0.794. The molecule has 3 aromatic heterocycles. The number of aromatic nitrogens is 3. The fraction of sp³-hybridized carbons (Fsp3) is 0.286. The Labute approximate surface area is 116 Å². The van der Waals surface area contributed by atoms with Crippen LogP contribution in [0.25, 0.3) is 5.65 Å². The lowest BCUT2D eigenvalue weighted by Crippen LogP contribution is -2.13. The molecule has 0 fully saturated rings. The Balaban J connectivity index is 1.69. The second-order valence-electron chi connectivity index (χ2n) is 4.54. The first-order valence-electron chi connectivity index (χ1n) is 6.28. The molecular formula is C14H16N4S. The summed E-state index contributed by atoms with van der Waals surface area (Å²) >= 11 is 1.76. The molecule has 3 aromatic rings. The van der Waals surface area contributed by atoms with Gasteiger partial charge in [-0.05, 0) is 19.9 Å². The maximum Gasteiger partial charge on any atom is 0.141 e. The Kier molecular flexibility index (Phi) is 3.31. The largest absolute Gasteiger partial charge is 0.308 e. The van der Waals surface area contributed by atoms with Gasteiger partial charge in [-0.25, -0.2) is 9.97 Å². The Hall–Kier alpha value is -1.72. The highest BCUT2D eigenvalue weighted by Gasteiger charge is 2.05. The van der Waals surface area contributed by atoms with Gasteiger partial charge in [-0.15, -0.1) is 11.3 Å². The number of nitrogens with zero attached hydrogens (tertiary/aromatic N) is 3. The van der Waals surface area contributed by atoms with E-state index in [4.69, 9.17) is 0 Å². The van der Waals surface area contributed by atoms with Crippen molar-refractivity contribution in [1.82, 2.24) is 19.7 Å². The number of thiazole rings is 1. The smallest absolute Gasteiger partial charge is 0.141 e. The summed E-state index contributed by atoms with van der Waals surface area (Å²) in [5, 5.41) is 4.60. The average molecular weight is 272 g/mol. The Morgan fingerprint density at radius 3 is 2.95 bits per heavy atom. The zero-order valence-corrected chi connectivity index (χ0v) is 11.9. The fourth-order valence-corrected chi connectivity index (χ4v) is 3.10. The van der Waals surface area contributed by atoms with Crippen molar-refractivity contribution in [2.45, 2.75) is 26.9 Å². The van der Waals surface area contributed by atoms with E-state index in [1.807, 2.05) is 36.0 Å². The maximum atomic E-state index is 4.44. The topological polar surface area (TPSA) is 42.2 Å². The van der Waals surface area contributed by atoms with Crippen molar-refractivity contribution >= 4 is 17.0 Å². The molecule has 0 radical (unpaired) electrons. The van der Waals surface area contributed by atoms with E-state index in [1.165, 1.54) is 10.4 Å². The van der Waals surface area contributed by atoms with Crippen LogP contribution in [-0.2, 0) is 13.1 Å². The van der Waals surface area contributed by atoms with E-state index >= 15 is 0 Å². The van der Waals surface area contributed by atoms with E-state index in [1.54, 1.807) is 11.3 Å². The van der Waals surface area contributed by atoms with Gasteiger partial charge in [0, 0.05) is 42.1 Å². The van der Waals surface area contributed by atoms with E-state index in [9.17, 15) is 0 Å². The SMILES string of the molecule is Cc1nc(C)c(CNCc2cccn3ccnc23)s1. The van der Waals surface area contributed by atoms with E-state index in [2.05, 4.69) is 28.3 Å². The fourth-order valence-electron chi connectivity index (χ4n) is 2.19. The Morgan fingerprint density at radius 1 is 1.26 bits per heavy atom. The highest BCUT2D eigenvalue weighted by Crippen LogP contribution is 2.17. The van der Waals surface area contributed by atoms with Gasteiger partial charge in [-0.3, -0.25) is 0 Å². The molecule has 0 spiro atoms. The van der Waals surface area contributed by atoms with Gasteiger partial charge in [0.25, 0.3) is 0 Å². The van der Waals surface area contributed by atoms with Crippen LogP contribution in [0.1, 0.15) is 21.1 Å². The molecule has 0 amide bonds. The molecule has 5 heteroatoms. The van der Waals surface area contributed by atoms with Gasteiger partial charge in [-0.2, -0.15) is 0 Å². The lowest BCUT2D eigenvalue weighted by atomic mass is 10.2. The molecule has 0 unspecified atom stereocenters. The lowest BCUT2D eigenvalue weighted by molar-refractivity contribution is 0.697. The summed E-state index contributed by atoms with van der Waals surface area (Å²) < 4.78 is 2.04. The van der Waals surface area contributed by atoms with Gasteiger partial charge in [-0.1, -0.05) is 6.07 Å². The number of imidazole rings is 1. The molecule has 4 nitrogen and oxygen atoms in total. The van der Waals surface area contributed by atoms with Crippen molar-refractivity contribution in [1.29, 1.82) is 0 Å². The van der Waals surface area contributed by atoms with Crippen molar-refractivity contribution in [3.05, 3.63) is 51.9 Å². The Morgan fingerprint density at radius 2 is 2.16 bits per heavy atom. The molecule has 0 atom stereocenters. The van der Waals surface area contributed by atoms with Crippen molar-refractivity contribution in [2.75, 3.05) is 0 Å². The first-order valence-corrected chi connectivity index (χ1v) is 7.10. The summed E-state index contributed by atoms with van der Waals surface area (Å²) in [6.45, 7) is 5.79. The summed E-state index contributed by atoms with van der Waals surface area (Å²) in [4.78, 5) is 10.1. The number of aryl methyl sites for hydroxylation is 2. The van der Waals surface area contributed by atoms with Crippen LogP contribution in [0, 0.1) is 13.8 Å². The van der Waals surface area contributed by atoms with E-state index < -0.39 is 0 Å². The lowest BCUT2D eigenvalue weighted by Gasteiger charge is -2.05. The highest BCUT2D eigenvalue weighted by molar-refractivity contribution is 7.11. The van der Waals surface area contributed by atoms with Crippen LogP contribution in [0.2, 0.25) is 0 Å². The minimum atomic E-state index is 0.817. The van der Waals surface area contributed by atoms with Crippen LogP contribution in [0.3, 0.4) is 0 Å². The van der Waals surface area contributed by atoms with Gasteiger partial charge >= 0.3 is 0 Å². The van der Waals surface area contributed by atoms with Crippen LogP contribution in [0.15, 0.2) is 30.7 Å². The highest BCUT2D eigenvalue weighted by atomic mass is 32.1. The molecular weight excluding hydrogens is 256 g/mol. The van der Waals surface area contributed by atoms with Gasteiger partial charge < -0.3 is 9.72 Å². The molecule has 19 heavy (non-hydrogen) atoms. The molecule has 3 rings (SSSR count). The number of hydrogen-bond acceptors (Lipinski definition) is 4. The monoisotopic (exact) mass is 272 g/mol. The summed E-state index contributed by atoms with van der Waals surface area (Å²) in [5.74, 6) is 0. The summed E-state index contributed by atoms with van der Waals surface area (Å²) in [6.07, 6.45) is 5.81. The van der Waals surface area contributed by atoms with E-state index in [-0.39, 0.29) is 0 Å². The molecule has 0 aliphatic rings. The first-order chi connectivity index (χ1) is 9.24. The maximum absolute atomic E-state index is 4.44. The normalized spacial score (nSPS) is 11.3. The van der Waals surface area contributed by atoms with E-state index in [0.717, 1.165) is 29.4 Å². The van der Waals surface area contributed by atoms with Gasteiger partial charge in [0.15, 0.2) is 0 Å². The number of nitrogens with one attached hydrogen (secondary N) is 1. The standard InChI is InChI=1S/C14H16N4S/c1-10-13(19-11(2)17-10)9-15-8-12-4-3-6-18-7-5-16-14(12)18/h3-7,15H,8-9H2,1-2H3. The second kappa shape index (κ2) is 5.11. The van der Waals surface area contributed by atoms with Crippen LogP contribution < -0.4 is 5.32 Å². The molecule has 0 aromatic carbocycles. The summed E-state index contributed by atoms with van der Waals surface area (Å²) in [7, 11) is 0. The van der Waals surface area contributed by atoms with Crippen LogP contribution in [0.5, 0.6) is 0 Å². The van der Waals surface area contributed by atoms with Gasteiger partial charge in [0.1, 0.15) is 5.65 Å². The average Bonchev–Trinajstić information content (AvgIpc) is 2.97. The van der Waals surface area contributed by atoms with Crippen molar-refractivity contribution in [3.8, 4) is 0 Å². The van der Waals surface area contributed by atoms with Gasteiger partial charge in [0.05, 0.1) is 10.7 Å². The Bertz CT molecular complexity index is 698. The third-order valence-electron chi connectivity index (χ3n) is 3.10. The van der Waals surface area contributed by atoms with Gasteiger partial charge in [0.2, 0.25) is 0 Å². The molecule has 1 N–H and O–H groups in total. The molecule has 3 heterocycles. The molecule has 0 aliphatic heterocycles. The van der Waals surface area contributed by atoms with Crippen LogP contribution in [-0.4, -0.2) is 14.4 Å². The van der Waals surface area contributed by atoms with Crippen molar-refractivity contribution in [2.24, 2.45) is 0 Å². The third kappa shape index (κ3) is 2.52. The van der Waals surface area contributed by atoms with E-state index in [0.29, 0.717) is 0 Å². The number of rotatable bonds is 4. The molecule has 0 bridgehead atoms. The van der Waals surface area contributed by atoms with Crippen molar-refractivity contribution < 1.29 is 0 Å². The number of hydrogen-bond donors (Lipinski definition) is 1. The van der Waals surface area contributed by atoms with Crippen molar-refractivity contribution in [3.63, 3.8) is 0 Å². The predicted octanol–water partition coefficient (Wildman–Crippen LogP) is 2.70. The summed E-state index contributed by atoms with van der Waals surface area (Å²) in [5.41, 5.74) is 3.37. The minimum absolute atomic E-state index is 0.817. The number of pyridine rings is 1. The zero-order chi connectivity index (χ0) is 13.2. The molecule has 0 aliphatic carbocycles. The molecule has 0 saturated carbocycles. The first kappa shape index (κ1) is 12.3. The van der Waals surface area contributed by atoms with Crippen LogP contribution in [0.4, 0.5) is 0 Å². The summed E-state index contributed by atoms with van der Waals surface area (Å²) in [6, 6.07) is 4.16. The number of fused-ring (bicyclic) bond motifs is 1. The predicted molar refractivity (Wildman–Crippen MR) is 77.3 cm³/mol.